The van der Waals surface area contributed by atoms with Gasteiger partial charge in [0.15, 0.2) is 0 Å². The molecule has 1 aromatic heterocycles. The van der Waals surface area contributed by atoms with Gasteiger partial charge in [-0.25, -0.2) is 15.4 Å². The minimum Gasteiger partial charge on any atom is -0.354 e. The van der Waals surface area contributed by atoms with Gasteiger partial charge >= 0.3 is 0 Å². The van der Waals surface area contributed by atoms with Crippen LogP contribution >= 0.6 is 0 Å². The highest BCUT2D eigenvalue weighted by atomic mass is 16.5. The van der Waals surface area contributed by atoms with E-state index in [0.717, 1.165) is 31.3 Å². The van der Waals surface area contributed by atoms with E-state index in [1.54, 1.807) is 0 Å². The van der Waals surface area contributed by atoms with E-state index in [4.69, 9.17) is 5.21 Å². The van der Waals surface area contributed by atoms with Gasteiger partial charge in [0.25, 0.3) is 5.91 Å². The number of hydrogen-bond donors (Lipinski definition) is 4. The van der Waals surface area contributed by atoms with E-state index < -0.39 is 5.91 Å². The fourth-order valence-corrected chi connectivity index (χ4v) is 3.48. The number of rotatable bonds is 9. The molecule has 0 saturated heterocycles. The Bertz CT molecular complexity index is 858. The number of allylic oxidation sites excluding steroid dienone is 7. The van der Waals surface area contributed by atoms with Crippen molar-refractivity contribution >= 4 is 17.8 Å². The molecule has 0 spiro atoms. The Balaban J connectivity index is 1.50. The molecule has 158 valence electrons. The van der Waals surface area contributed by atoms with E-state index in [1.165, 1.54) is 17.9 Å². The fraction of sp³-hybridized carbons (Fsp3) is 0.364. The Kier molecular flexibility index (Phi) is 7.91. The van der Waals surface area contributed by atoms with Gasteiger partial charge in [0.2, 0.25) is 11.9 Å². The number of carbonyl (C=O) groups is 2. The minimum atomic E-state index is -0.672. The lowest BCUT2D eigenvalue weighted by atomic mass is 9.83. The summed E-state index contributed by atoms with van der Waals surface area (Å²) in [5, 5.41) is 14.6. The first-order valence-corrected chi connectivity index (χ1v) is 10.2. The van der Waals surface area contributed by atoms with Crippen LogP contribution in [0.25, 0.3) is 0 Å². The largest absolute Gasteiger partial charge is 0.354 e. The van der Waals surface area contributed by atoms with E-state index in [1.807, 2.05) is 12.2 Å². The molecule has 4 N–H and O–H groups in total. The average molecular weight is 409 g/mol. The van der Waals surface area contributed by atoms with Gasteiger partial charge in [0.1, 0.15) is 0 Å². The third-order valence-electron chi connectivity index (χ3n) is 5.07. The number of hydrogen-bond acceptors (Lipinski definition) is 6. The first-order chi connectivity index (χ1) is 14.7. The lowest BCUT2D eigenvalue weighted by Gasteiger charge is -2.24. The topological polar surface area (TPSA) is 116 Å². The summed E-state index contributed by atoms with van der Waals surface area (Å²) in [6, 6.07) is 0. The summed E-state index contributed by atoms with van der Waals surface area (Å²) in [6.07, 6.45) is 21.1. The predicted molar refractivity (Wildman–Crippen MR) is 114 cm³/mol. The zero-order valence-corrected chi connectivity index (χ0v) is 16.8. The van der Waals surface area contributed by atoms with Crippen LogP contribution in [0.4, 0.5) is 5.95 Å². The summed E-state index contributed by atoms with van der Waals surface area (Å²) in [5.74, 6) is -0.117. The lowest BCUT2D eigenvalue weighted by Crippen LogP contribution is -2.36. The Morgan fingerprint density at radius 2 is 1.97 bits per heavy atom. The molecule has 0 saturated carbocycles. The average Bonchev–Trinajstić information content (AvgIpc) is 2.81. The summed E-state index contributed by atoms with van der Waals surface area (Å²) >= 11 is 0. The van der Waals surface area contributed by atoms with E-state index in [0.29, 0.717) is 25.0 Å². The van der Waals surface area contributed by atoms with Crippen molar-refractivity contribution in [2.45, 2.75) is 25.7 Å². The van der Waals surface area contributed by atoms with Gasteiger partial charge < -0.3 is 10.6 Å². The van der Waals surface area contributed by atoms with Crippen molar-refractivity contribution in [3.63, 3.8) is 0 Å². The molecule has 0 radical (unpaired) electrons. The lowest BCUT2D eigenvalue weighted by molar-refractivity contribution is -0.124. The molecule has 0 fully saturated rings. The third-order valence-corrected chi connectivity index (χ3v) is 5.07. The standard InChI is InChI=1S/C22H27N5O3/c28-20(27-30)18-14-25-22(26-15-18)24-12-11-23-21(29)19(17-9-5-2-6-10-17)13-16-7-3-1-4-8-16/h1,3-5,7,9-10,14-16,19,30H,2,6,8,11-13H2,(H,23,29)(H,27,28)(H,24,25,26). The molecule has 0 aliphatic heterocycles. The molecule has 2 atom stereocenters. The van der Waals surface area contributed by atoms with Gasteiger partial charge in [-0.2, -0.15) is 0 Å². The van der Waals surface area contributed by atoms with Crippen LogP contribution < -0.4 is 16.1 Å². The Morgan fingerprint density at radius 1 is 1.13 bits per heavy atom. The van der Waals surface area contributed by atoms with Gasteiger partial charge in [-0.3, -0.25) is 14.8 Å². The van der Waals surface area contributed by atoms with E-state index in [-0.39, 0.29) is 17.4 Å². The van der Waals surface area contributed by atoms with Crippen molar-refractivity contribution in [1.29, 1.82) is 0 Å². The third kappa shape index (κ3) is 6.12. The number of nitrogens with one attached hydrogen (secondary N) is 3. The van der Waals surface area contributed by atoms with E-state index >= 15 is 0 Å². The van der Waals surface area contributed by atoms with Gasteiger partial charge in [0.05, 0.1) is 11.5 Å². The van der Waals surface area contributed by atoms with Crippen LogP contribution in [0.5, 0.6) is 0 Å². The van der Waals surface area contributed by atoms with Crippen LogP contribution in [0.2, 0.25) is 0 Å². The van der Waals surface area contributed by atoms with Crippen LogP contribution in [-0.2, 0) is 4.79 Å². The molecule has 0 bridgehead atoms. The second kappa shape index (κ2) is 11.1. The zero-order chi connectivity index (χ0) is 21.2. The zero-order valence-electron chi connectivity index (χ0n) is 16.8. The molecule has 2 aliphatic carbocycles. The molecule has 3 rings (SSSR count). The molecule has 8 nitrogen and oxygen atoms in total. The first-order valence-electron chi connectivity index (χ1n) is 10.2. The second-order valence-electron chi connectivity index (χ2n) is 7.24. The molecule has 2 amide bonds. The maximum absolute atomic E-state index is 12.9. The summed E-state index contributed by atoms with van der Waals surface area (Å²) in [5.41, 5.74) is 2.77. The van der Waals surface area contributed by atoms with Gasteiger partial charge in [-0.1, -0.05) is 42.5 Å². The summed E-state index contributed by atoms with van der Waals surface area (Å²) in [6.45, 7) is 0.875. The summed E-state index contributed by atoms with van der Waals surface area (Å²) in [7, 11) is 0. The molecule has 0 aromatic carbocycles. The van der Waals surface area contributed by atoms with Crippen molar-refractivity contribution in [2.75, 3.05) is 18.4 Å². The Labute approximate surface area is 175 Å². The van der Waals surface area contributed by atoms with Gasteiger partial charge in [-0.15, -0.1) is 0 Å². The fourth-order valence-electron chi connectivity index (χ4n) is 3.48. The van der Waals surface area contributed by atoms with Gasteiger partial charge in [0, 0.05) is 25.5 Å². The maximum atomic E-state index is 12.9. The van der Waals surface area contributed by atoms with Crippen LogP contribution in [0, 0.1) is 11.8 Å². The van der Waals surface area contributed by atoms with E-state index in [2.05, 4.69) is 51.0 Å². The molecule has 8 heteroatoms. The number of anilines is 1. The molecular weight excluding hydrogens is 382 g/mol. The smallest absolute Gasteiger partial charge is 0.277 e. The highest BCUT2D eigenvalue weighted by Gasteiger charge is 2.25. The van der Waals surface area contributed by atoms with Crippen LogP contribution in [0.3, 0.4) is 0 Å². The Hall–Kier alpha value is -3.26. The quantitative estimate of drug-likeness (QED) is 0.283. The monoisotopic (exact) mass is 409 g/mol. The van der Waals surface area contributed by atoms with Crippen molar-refractivity contribution in [1.82, 2.24) is 20.8 Å². The van der Waals surface area contributed by atoms with Crippen molar-refractivity contribution in [3.05, 3.63) is 66.1 Å². The number of carbonyl (C=O) groups excluding carboxylic acids is 2. The SMILES string of the molecule is O=C(NO)c1cnc(NCCNC(=O)C(CC2C=CC=CC2)C2=CCCC=C2)nc1. The predicted octanol–water partition coefficient (Wildman–Crippen LogP) is 2.54. The molecule has 2 unspecified atom stereocenters. The van der Waals surface area contributed by atoms with Crippen LogP contribution in [0.1, 0.15) is 36.0 Å². The molecule has 1 heterocycles. The van der Waals surface area contributed by atoms with Crippen LogP contribution in [-0.4, -0.2) is 40.1 Å². The molecule has 2 aliphatic rings. The second-order valence-corrected chi connectivity index (χ2v) is 7.24. The van der Waals surface area contributed by atoms with Crippen molar-refractivity contribution in [3.8, 4) is 0 Å². The minimum absolute atomic E-state index is 0.0217. The maximum Gasteiger partial charge on any atom is 0.277 e. The van der Waals surface area contributed by atoms with E-state index in [9.17, 15) is 9.59 Å². The van der Waals surface area contributed by atoms with Gasteiger partial charge in [-0.05, 0) is 37.2 Å². The first kappa shape index (κ1) is 21.4. The van der Waals surface area contributed by atoms with Crippen molar-refractivity contribution in [2.24, 2.45) is 11.8 Å². The molecule has 30 heavy (non-hydrogen) atoms. The highest BCUT2D eigenvalue weighted by molar-refractivity contribution is 5.92. The number of amides is 2. The normalized spacial score (nSPS) is 18.4. The molecule has 1 aromatic rings. The summed E-state index contributed by atoms with van der Waals surface area (Å²) in [4.78, 5) is 32.2. The highest BCUT2D eigenvalue weighted by Crippen LogP contribution is 2.28. The number of nitrogens with zero attached hydrogens (tertiary/aromatic N) is 2. The Morgan fingerprint density at radius 3 is 2.63 bits per heavy atom. The molecular formula is C22H27N5O3. The number of hydroxylamine groups is 1. The van der Waals surface area contributed by atoms with Crippen molar-refractivity contribution < 1.29 is 14.8 Å². The summed E-state index contributed by atoms with van der Waals surface area (Å²) < 4.78 is 0. The number of aromatic nitrogens is 2. The van der Waals surface area contributed by atoms with Crippen LogP contribution in [0.15, 0.2) is 60.5 Å².